The van der Waals surface area contributed by atoms with E-state index >= 15 is 0 Å². The molecule has 0 unspecified atom stereocenters. The van der Waals surface area contributed by atoms with Gasteiger partial charge in [0.1, 0.15) is 12.6 Å². The molecule has 4 heteroatoms. The van der Waals surface area contributed by atoms with E-state index in [1.54, 1.807) is 7.11 Å². The molecule has 4 fully saturated rings. The summed E-state index contributed by atoms with van der Waals surface area (Å²) in [7, 11) is 3.51. The third-order valence-electron chi connectivity index (χ3n) is 9.86. The zero-order valence-electron chi connectivity index (χ0n) is 18.8. The van der Waals surface area contributed by atoms with Crippen LogP contribution in [0.25, 0.3) is 0 Å². The molecule has 29 heavy (non-hydrogen) atoms. The van der Waals surface area contributed by atoms with Crippen molar-refractivity contribution in [1.29, 1.82) is 0 Å². The molecule has 4 nitrogen and oxygen atoms in total. The van der Waals surface area contributed by atoms with Crippen molar-refractivity contribution in [3.63, 3.8) is 0 Å². The number of ketones is 1. The number of fused-ring (bicyclic) bond motifs is 5. The maximum absolute atomic E-state index is 13.0. The molecule has 0 aromatic heterocycles. The zero-order chi connectivity index (χ0) is 20.8. The minimum Gasteiger partial charge on any atom is -0.379 e. The maximum atomic E-state index is 13.0. The number of Topliss-reactive ketones (excluding diaryl/α,β-unsaturated/α-hetero) is 1. The number of rotatable bonds is 6. The summed E-state index contributed by atoms with van der Waals surface area (Å²) in [5.41, 5.74) is 0.150. The Kier molecular flexibility index (Phi) is 6.00. The molecule has 4 rings (SSSR count). The Morgan fingerprint density at radius 2 is 1.90 bits per heavy atom. The van der Waals surface area contributed by atoms with Crippen molar-refractivity contribution in [1.82, 2.24) is 0 Å². The van der Waals surface area contributed by atoms with Gasteiger partial charge in [-0.05, 0) is 93.3 Å². The van der Waals surface area contributed by atoms with Crippen LogP contribution in [0, 0.1) is 40.4 Å². The Balaban J connectivity index is 1.60. The van der Waals surface area contributed by atoms with Crippen LogP contribution in [-0.4, -0.2) is 39.0 Å². The van der Waals surface area contributed by atoms with Gasteiger partial charge in [-0.2, -0.15) is 0 Å². The van der Waals surface area contributed by atoms with E-state index in [2.05, 4.69) is 19.6 Å². The normalized spacial score (nSPS) is 49.0. The average molecular weight is 405 g/mol. The highest BCUT2D eigenvalue weighted by Crippen LogP contribution is 2.68. The van der Waals surface area contributed by atoms with Crippen molar-refractivity contribution in [2.24, 2.45) is 40.4 Å². The minimum absolute atomic E-state index is 0.131. The Hall–Kier alpha value is -0.710. The quantitative estimate of drug-likeness (QED) is 0.461. The monoisotopic (exact) mass is 404 g/mol. The van der Waals surface area contributed by atoms with E-state index in [1.165, 1.54) is 25.7 Å². The summed E-state index contributed by atoms with van der Waals surface area (Å²) in [5.74, 6) is 3.39. The summed E-state index contributed by atoms with van der Waals surface area (Å²) in [5, 5.41) is 0. The summed E-state index contributed by atoms with van der Waals surface area (Å²) in [4.78, 5) is 13.0. The van der Waals surface area contributed by atoms with Gasteiger partial charge in [-0.1, -0.05) is 13.0 Å². The first-order chi connectivity index (χ1) is 13.9. The molecule has 0 aromatic rings. The summed E-state index contributed by atoms with van der Waals surface area (Å²) < 4.78 is 17.1. The van der Waals surface area contributed by atoms with Crippen molar-refractivity contribution in [2.45, 2.75) is 77.4 Å². The summed E-state index contributed by atoms with van der Waals surface area (Å²) in [6.45, 7) is 8.82. The third-order valence-corrected chi connectivity index (χ3v) is 9.86. The molecule has 164 valence electrons. The van der Waals surface area contributed by atoms with Gasteiger partial charge in [-0.15, -0.1) is 6.58 Å². The van der Waals surface area contributed by atoms with Gasteiger partial charge in [0.2, 0.25) is 0 Å². The van der Waals surface area contributed by atoms with E-state index < -0.39 is 0 Å². The van der Waals surface area contributed by atoms with E-state index in [1.807, 2.05) is 14.0 Å². The van der Waals surface area contributed by atoms with E-state index in [0.29, 0.717) is 42.2 Å². The summed E-state index contributed by atoms with van der Waals surface area (Å²) in [6, 6.07) is 0. The fourth-order valence-electron chi connectivity index (χ4n) is 8.55. The molecule has 4 saturated carbocycles. The van der Waals surface area contributed by atoms with Gasteiger partial charge in [-0.3, -0.25) is 4.79 Å². The van der Waals surface area contributed by atoms with Gasteiger partial charge < -0.3 is 14.2 Å². The number of carbonyl (C=O) groups is 1. The molecule has 0 bridgehead atoms. The fourth-order valence-corrected chi connectivity index (χ4v) is 8.55. The topological polar surface area (TPSA) is 44.8 Å². The smallest absolute Gasteiger partial charge is 0.146 e. The molecule has 0 aromatic carbocycles. The lowest BCUT2D eigenvalue weighted by Gasteiger charge is -2.62. The van der Waals surface area contributed by atoms with Gasteiger partial charge in [0.25, 0.3) is 0 Å². The van der Waals surface area contributed by atoms with Crippen molar-refractivity contribution in [3.8, 4) is 0 Å². The summed E-state index contributed by atoms with van der Waals surface area (Å²) in [6.07, 6.45) is 11.6. The number of hydrogen-bond donors (Lipinski definition) is 0. The zero-order valence-corrected chi connectivity index (χ0v) is 18.8. The molecule has 0 saturated heterocycles. The van der Waals surface area contributed by atoms with Crippen LogP contribution in [0.1, 0.15) is 65.2 Å². The van der Waals surface area contributed by atoms with E-state index in [0.717, 1.165) is 25.7 Å². The highest BCUT2D eigenvalue weighted by atomic mass is 16.7. The van der Waals surface area contributed by atoms with Crippen LogP contribution in [0.3, 0.4) is 0 Å². The molecule has 0 spiro atoms. The number of hydrogen-bond acceptors (Lipinski definition) is 4. The first kappa shape index (κ1) is 21.5. The van der Waals surface area contributed by atoms with Gasteiger partial charge in [-0.25, -0.2) is 0 Å². The molecule has 0 aliphatic heterocycles. The molecule has 9 atom stereocenters. The van der Waals surface area contributed by atoms with Crippen molar-refractivity contribution < 1.29 is 19.0 Å². The van der Waals surface area contributed by atoms with E-state index in [9.17, 15) is 4.79 Å². The number of carbonyl (C=O) groups excluding carboxylic acids is 1. The lowest BCUT2D eigenvalue weighted by Crippen LogP contribution is -2.58. The molecule has 0 heterocycles. The molecule has 0 N–H and O–H groups in total. The van der Waals surface area contributed by atoms with Gasteiger partial charge in [0.05, 0.1) is 12.2 Å². The number of allylic oxidation sites excluding steroid dienone is 1. The molecular weight excluding hydrogens is 364 g/mol. The Morgan fingerprint density at radius 3 is 2.55 bits per heavy atom. The second kappa shape index (κ2) is 8.09. The highest BCUT2D eigenvalue weighted by molar-refractivity contribution is 5.84. The third kappa shape index (κ3) is 3.16. The predicted octanol–water partition coefficient (Wildman–Crippen LogP) is 5.01. The van der Waals surface area contributed by atoms with Crippen LogP contribution in [0.2, 0.25) is 0 Å². The van der Waals surface area contributed by atoms with Crippen LogP contribution < -0.4 is 0 Å². The van der Waals surface area contributed by atoms with Gasteiger partial charge in [0, 0.05) is 19.6 Å². The standard InChI is InChI=1S/C25H40O4/c1-6-17-8-10-21-19-9-7-18-13-22(29-15-27-4)23(28-5)14-24(18,3)20(19)11-12-25(17,21)16(2)26/h6,17-23H,1,7-15H2,2-5H3/t17-,18-,19+,20-,21-,22-,23+,24-,25-/m0/s1. The first-order valence-corrected chi connectivity index (χ1v) is 11.7. The summed E-state index contributed by atoms with van der Waals surface area (Å²) >= 11 is 0. The van der Waals surface area contributed by atoms with E-state index in [4.69, 9.17) is 14.2 Å². The second-order valence-corrected chi connectivity index (χ2v) is 10.5. The molecule has 0 amide bonds. The molecular formula is C25H40O4. The lowest BCUT2D eigenvalue weighted by atomic mass is 9.43. The Labute approximate surface area is 176 Å². The lowest BCUT2D eigenvalue weighted by molar-refractivity contribution is -0.196. The minimum atomic E-state index is -0.133. The SMILES string of the molecule is C=C[C@H]1CC[C@H]2[C@@H]3CC[C@H]4C[C@H](OCOC)[C@H](OC)C[C@]4(C)[C@H]3CC[C@]12C(C)=O. The van der Waals surface area contributed by atoms with Crippen molar-refractivity contribution in [3.05, 3.63) is 12.7 Å². The van der Waals surface area contributed by atoms with Crippen LogP contribution in [0.4, 0.5) is 0 Å². The van der Waals surface area contributed by atoms with Crippen LogP contribution in [0.15, 0.2) is 12.7 Å². The molecule has 4 aliphatic carbocycles. The highest BCUT2D eigenvalue weighted by Gasteiger charge is 2.63. The van der Waals surface area contributed by atoms with E-state index in [-0.39, 0.29) is 23.0 Å². The van der Waals surface area contributed by atoms with Crippen LogP contribution in [-0.2, 0) is 19.0 Å². The molecule has 0 radical (unpaired) electrons. The number of ether oxygens (including phenoxy) is 3. The van der Waals surface area contributed by atoms with Gasteiger partial charge in [0.15, 0.2) is 0 Å². The average Bonchev–Trinajstić information content (AvgIpc) is 3.11. The maximum Gasteiger partial charge on any atom is 0.146 e. The largest absolute Gasteiger partial charge is 0.379 e. The number of methoxy groups -OCH3 is 2. The first-order valence-electron chi connectivity index (χ1n) is 11.7. The molecule has 4 aliphatic rings. The predicted molar refractivity (Wildman–Crippen MR) is 113 cm³/mol. The second-order valence-electron chi connectivity index (χ2n) is 10.5. The Bertz CT molecular complexity index is 632. The van der Waals surface area contributed by atoms with Crippen molar-refractivity contribution >= 4 is 5.78 Å². The van der Waals surface area contributed by atoms with Crippen LogP contribution >= 0.6 is 0 Å². The Morgan fingerprint density at radius 1 is 1.10 bits per heavy atom. The van der Waals surface area contributed by atoms with Crippen LogP contribution in [0.5, 0.6) is 0 Å². The van der Waals surface area contributed by atoms with Gasteiger partial charge >= 0.3 is 0 Å². The fraction of sp³-hybridized carbons (Fsp3) is 0.880. The van der Waals surface area contributed by atoms with Crippen molar-refractivity contribution in [2.75, 3.05) is 21.0 Å².